The number of hydrogen-bond acceptors (Lipinski definition) is 1. The fourth-order valence-corrected chi connectivity index (χ4v) is 2.61. The summed E-state index contributed by atoms with van der Waals surface area (Å²) in [6.45, 7) is 2.06. The molecule has 0 spiro atoms. The van der Waals surface area contributed by atoms with Gasteiger partial charge in [-0.05, 0) is 42.9 Å². The lowest BCUT2D eigenvalue weighted by Crippen LogP contribution is -2.20. The standard InChI is InChI=1S/C12H15BrO/c1-8-5-6-10(11(13)7-8)12(14)9-3-2-4-9/h5-7,9,12,14H,2-4H2,1H3/t12-/m1/s1. The highest BCUT2D eigenvalue weighted by atomic mass is 79.9. The molecule has 1 atom stereocenters. The third-order valence-electron chi connectivity index (χ3n) is 3.07. The van der Waals surface area contributed by atoms with E-state index >= 15 is 0 Å². The van der Waals surface area contributed by atoms with Crippen LogP contribution in [-0.2, 0) is 0 Å². The summed E-state index contributed by atoms with van der Waals surface area (Å²) < 4.78 is 1.04. The predicted octanol–water partition coefficient (Wildman–Crippen LogP) is 3.59. The van der Waals surface area contributed by atoms with E-state index in [1.807, 2.05) is 6.07 Å². The molecule has 2 heteroatoms. The molecule has 0 saturated heterocycles. The van der Waals surface area contributed by atoms with Crippen molar-refractivity contribution in [3.05, 3.63) is 33.8 Å². The molecule has 1 fully saturated rings. The first kappa shape index (κ1) is 10.2. The van der Waals surface area contributed by atoms with Crippen LogP contribution in [0.3, 0.4) is 0 Å². The van der Waals surface area contributed by atoms with E-state index in [1.165, 1.54) is 24.8 Å². The summed E-state index contributed by atoms with van der Waals surface area (Å²) in [5.41, 5.74) is 2.27. The zero-order valence-electron chi connectivity index (χ0n) is 8.33. The molecule has 0 aliphatic heterocycles. The Balaban J connectivity index is 2.22. The van der Waals surface area contributed by atoms with E-state index in [4.69, 9.17) is 0 Å². The summed E-state index contributed by atoms with van der Waals surface area (Å²) in [7, 11) is 0. The zero-order chi connectivity index (χ0) is 10.1. The molecule has 0 amide bonds. The molecular formula is C12H15BrO. The van der Waals surface area contributed by atoms with E-state index in [9.17, 15) is 5.11 Å². The van der Waals surface area contributed by atoms with E-state index in [-0.39, 0.29) is 6.10 Å². The van der Waals surface area contributed by atoms with Gasteiger partial charge in [-0.2, -0.15) is 0 Å². The lowest BCUT2D eigenvalue weighted by molar-refractivity contribution is 0.0615. The average Bonchev–Trinajstić information content (AvgIpc) is 2.00. The summed E-state index contributed by atoms with van der Waals surface area (Å²) in [6.07, 6.45) is 3.33. The van der Waals surface area contributed by atoms with Gasteiger partial charge < -0.3 is 5.11 Å². The van der Waals surface area contributed by atoms with Crippen molar-refractivity contribution < 1.29 is 5.11 Å². The van der Waals surface area contributed by atoms with Crippen LogP contribution < -0.4 is 0 Å². The van der Waals surface area contributed by atoms with Crippen LogP contribution >= 0.6 is 15.9 Å². The second-order valence-corrected chi connectivity index (χ2v) is 5.02. The maximum Gasteiger partial charge on any atom is 0.0829 e. The fourth-order valence-electron chi connectivity index (χ4n) is 1.88. The number of benzene rings is 1. The van der Waals surface area contributed by atoms with Crippen LogP contribution in [0.1, 0.15) is 36.5 Å². The van der Waals surface area contributed by atoms with Gasteiger partial charge >= 0.3 is 0 Å². The Morgan fingerprint density at radius 2 is 2.14 bits per heavy atom. The third-order valence-corrected chi connectivity index (χ3v) is 3.76. The molecule has 0 radical (unpaired) electrons. The zero-order valence-corrected chi connectivity index (χ0v) is 9.92. The van der Waals surface area contributed by atoms with Crippen molar-refractivity contribution in [2.24, 2.45) is 5.92 Å². The Labute approximate surface area is 93.3 Å². The molecular weight excluding hydrogens is 240 g/mol. The molecule has 1 nitrogen and oxygen atoms in total. The van der Waals surface area contributed by atoms with Gasteiger partial charge in [-0.15, -0.1) is 0 Å². The monoisotopic (exact) mass is 254 g/mol. The maximum atomic E-state index is 10.1. The summed E-state index contributed by atoms with van der Waals surface area (Å²) in [6, 6.07) is 6.15. The minimum absolute atomic E-state index is 0.279. The largest absolute Gasteiger partial charge is 0.388 e. The molecule has 2 rings (SSSR count). The van der Waals surface area contributed by atoms with Gasteiger partial charge in [0.15, 0.2) is 0 Å². The summed E-state index contributed by atoms with van der Waals surface area (Å²) in [5.74, 6) is 0.481. The molecule has 1 aliphatic carbocycles. The number of halogens is 1. The van der Waals surface area contributed by atoms with Gasteiger partial charge in [0.05, 0.1) is 6.10 Å². The Bertz CT molecular complexity index is 331. The summed E-state index contributed by atoms with van der Waals surface area (Å²) in [5, 5.41) is 10.1. The van der Waals surface area contributed by atoms with E-state index in [0.717, 1.165) is 10.0 Å². The molecule has 0 heterocycles. The van der Waals surface area contributed by atoms with Crippen molar-refractivity contribution in [3.8, 4) is 0 Å². The first-order valence-electron chi connectivity index (χ1n) is 5.12. The molecule has 1 N–H and O–H groups in total. The van der Waals surface area contributed by atoms with Crippen molar-refractivity contribution in [1.82, 2.24) is 0 Å². The molecule has 1 aliphatic rings. The first-order chi connectivity index (χ1) is 6.68. The molecule has 1 aromatic carbocycles. The van der Waals surface area contributed by atoms with Crippen LogP contribution in [0.5, 0.6) is 0 Å². The molecule has 14 heavy (non-hydrogen) atoms. The molecule has 0 aromatic heterocycles. The average molecular weight is 255 g/mol. The van der Waals surface area contributed by atoms with Crippen molar-refractivity contribution in [2.45, 2.75) is 32.3 Å². The Kier molecular flexibility index (Phi) is 2.93. The highest BCUT2D eigenvalue weighted by Gasteiger charge is 2.27. The lowest BCUT2D eigenvalue weighted by atomic mass is 9.79. The Morgan fingerprint density at radius 3 is 2.64 bits per heavy atom. The SMILES string of the molecule is Cc1ccc([C@H](O)C2CCC2)c(Br)c1. The fraction of sp³-hybridized carbons (Fsp3) is 0.500. The third kappa shape index (κ3) is 1.86. The molecule has 0 unspecified atom stereocenters. The van der Waals surface area contributed by atoms with E-state index in [2.05, 4.69) is 35.0 Å². The van der Waals surface area contributed by atoms with Gasteiger partial charge in [-0.25, -0.2) is 0 Å². The second kappa shape index (κ2) is 4.03. The Morgan fingerprint density at radius 1 is 1.43 bits per heavy atom. The van der Waals surface area contributed by atoms with E-state index < -0.39 is 0 Å². The van der Waals surface area contributed by atoms with Gasteiger partial charge in [0.2, 0.25) is 0 Å². The second-order valence-electron chi connectivity index (χ2n) is 4.16. The smallest absolute Gasteiger partial charge is 0.0829 e. The first-order valence-corrected chi connectivity index (χ1v) is 5.92. The minimum Gasteiger partial charge on any atom is -0.388 e. The lowest BCUT2D eigenvalue weighted by Gasteiger charge is -2.31. The quantitative estimate of drug-likeness (QED) is 0.856. The molecule has 76 valence electrons. The number of aliphatic hydroxyl groups is 1. The van der Waals surface area contributed by atoms with Crippen molar-refractivity contribution >= 4 is 15.9 Å². The van der Waals surface area contributed by atoms with Crippen molar-refractivity contribution in [1.29, 1.82) is 0 Å². The predicted molar refractivity (Wildman–Crippen MR) is 61.2 cm³/mol. The van der Waals surface area contributed by atoms with Gasteiger partial charge in [0, 0.05) is 4.47 Å². The van der Waals surface area contributed by atoms with Gasteiger partial charge in [-0.1, -0.05) is 34.5 Å². The molecule has 1 saturated carbocycles. The van der Waals surface area contributed by atoms with Gasteiger partial charge in [-0.3, -0.25) is 0 Å². The van der Waals surface area contributed by atoms with Crippen molar-refractivity contribution in [2.75, 3.05) is 0 Å². The van der Waals surface area contributed by atoms with Crippen LogP contribution in [0, 0.1) is 12.8 Å². The number of aliphatic hydroxyl groups excluding tert-OH is 1. The van der Waals surface area contributed by atoms with Crippen molar-refractivity contribution in [3.63, 3.8) is 0 Å². The maximum absolute atomic E-state index is 10.1. The highest BCUT2D eigenvalue weighted by molar-refractivity contribution is 9.10. The molecule has 0 bridgehead atoms. The minimum atomic E-state index is -0.279. The van der Waals surface area contributed by atoms with Gasteiger partial charge in [0.1, 0.15) is 0 Å². The van der Waals surface area contributed by atoms with Crippen LogP contribution in [0.2, 0.25) is 0 Å². The number of rotatable bonds is 2. The summed E-state index contributed by atoms with van der Waals surface area (Å²) in [4.78, 5) is 0. The molecule has 1 aromatic rings. The topological polar surface area (TPSA) is 20.2 Å². The van der Waals surface area contributed by atoms with E-state index in [1.54, 1.807) is 0 Å². The number of aryl methyl sites for hydroxylation is 1. The van der Waals surface area contributed by atoms with Crippen LogP contribution in [0.4, 0.5) is 0 Å². The normalized spacial score (nSPS) is 19.1. The van der Waals surface area contributed by atoms with Crippen LogP contribution in [-0.4, -0.2) is 5.11 Å². The van der Waals surface area contributed by atoms with Crippen LogP contribution in [0.25, 0.3) is 0 Å². The number of hydrogen-bond donors (Lipinski definition) is 1. The highest BCUT2D eigenvalue weighted by Crippen LogP contribution is 2.39. The van der Waals surface area contributed by atoms with E-state index in [0.29, 0.717) is 5.92 Å². The summed E-state index contributed by atoms with van der Waals surface area (Å²) >= 11 is 3.51. The Hall–Kier alpha value is -0.340. The van der Waals surface area contributed by atoms with Gasteiger partial charge in [0.25, 0.3) is 0 Å². The van der Waals surface area contributed by atoms with Crippen LogP contribution in [0.15, 0.2) is 22.7 Å².